The molecule has 5 rings (SSSR count). The van der Waals surface area contributed by atoms with Crippen LogP contribution >= 0.6 is 22.9 Å². The Morgan fingerprint density at radius 3 is 2.91 bits per heavy atom. The summed E-state index contributed by atoms with van der Waals surface area (Å²) in [6, 6.07) is 5.96. The number of amides is 1. The summed E-state index contributed by atoms with van der Waals surface area (Å²) in [7, 11) is 2.02. The van der Waals surface area contributed by atoms with Crippen molar-refractivity contribution >= 4 is 45.5 Å². The number of H-pyrrole nitrogens is 1. The molecule has 0 spiro atoms. The maximum atomic E-state index is 13.6. The van der Waals surface area contributed by atoms with Crippen molar-refractivity contribution in [1.82, 2.24) is 20.2 Å². The molecule has 6 N–H and O–H groups in total. The smallest absolute Gasteiger partial charge is 0.280 e. The van der Waals surface area contributed by atoms with Crippen LogP contribution in [-0.2, 0) is 13.0 Å². The summed E-state index contributed by atoms with van der Waals surface area (Å²) in [5.41, 5.74) is 6.87. The number of halogens is 1. The van der Waals surface area contributed by atoms with Gasteiger partial charge in [0, 0.05) is 46.7 Å². The van der Waals surface area contributed by atoms with Crippen LogP contribution in [0.3, 0.4) is 0 Å². The molecule has 1 aromatic carbocycles. The van der Waals surface area contributed by atoms with Crippen molar-refractivity contribution in [2.75, 3.05) is 13.6 Å². The average molecular weight is 504 g/mol. The molecule has 3 aromatic rings. The normalized spacial score (nSPS) is 27.5. The second-order valence-corrected chi connectivity index (χ2v) is 10.8. The van der Waals surface area contributed by atoms with E-state index >= 15 is 0 Å². The number of Topliss-reactive ketones (excluding diaryl/α,β-unsaturated/α-hetero) is 1. The fourth-order valence-corrected chi connectivity index (χ4v) is 6.06. The number of aliphatic hydroxyl groups is 2. The van der Waals surface area contributed by atoms with E-state index in [9.17, 15) is 19.8 Å². The number of hydrogen-bond acceptors (Lipinski definition) is 8. The third-order valence-electron chi connectivity index (χ3n) is 6.76. The minimum atomic E-state index is -1.63. The quantitative estimate of drug-likeness (QED) is 0.339. The zero-order valence-electron chi connectivity index (χ0n) is 18.5. The number of ketones is 1. The van der Waals surface area contributed by atoms with Crippen LogP contribution < -0.4 is 11.1 Å². The van der Waals surface area contributed by atoms with Crippen molar-refractivity contribution in [3.8, 4) is 0 Å². The number of thiazole rings is 1. The summed E-state index contributed by atoms with van der Waals surface area (Å²) in [5, 5.41) is 25.1. The van der Waals surface area contributed by atoms with Gasteiger partial charge in [0.25, 0.3) is 5.91 Å². The Bertz CT molecular complexity index is 1280. The second-order valence-electron chi connectivity index (χ2n) is 9.26. The first-order valence-corrected chi connectivity index (χ1v) is 12.3. The zero-order valence-corrected chi connectivity index (χ0v) is 20.1. The number of aliphatic hydroxyl groups excluding tert-OH is 2. The van der Waals surface area contributed by atoms with Crippen LogP contribution in [0.4, 0.5) is 0 Å². The molecule has 4 unspecified atom stereocenters. The van der Waals surface area contributed by atoms with Crippen molar-refractivity contribution in [3.05, 3.63) is 50.6 Å². The van der Waals surface area contributed by atoms with Gasteiger partial charge in [-0.3, -0.25) is 9.59 Å². The summed E-state index contributed by atoms with van der Waals surface area (Å²) in [6.07, 6.45) is -1.80. The van der Waals surface area contributed by atoms with Gasteiger partial charge in [0.05, 0.1) is 29.6 Å². The Kier molecular flexibility index (Phi) is 5.99. The number of carbonyl (C=O) groups is 2. The highest BCUT2D eigenvalue weighted by atomic mass is 35.5. The number of fused-ring (bicyclic) bond motifs is 2. The van der Waals surface area contributed by atoms with Gasteiger partial charge in [-0.25, -0.2) is 4.98 Å². The molecule has 0 saturated heterocycles. The molecule has 1 aliphatic heterocycles. The van der Waals surface area contributed by atoms with Gasteiger partial charge in [-0.15, -0.1) is 11.3 Å². The Hall–Kier alpha value is -2.34. The van der Waals surface area contributed by atoms with Gasteiger partial charge in [-0.05, 0) is 37.7 Å². The summed E-state index contributed by atoms with van der Waals surface area (Å²) in [4.78, 5) is 37.5. The van der Waals surface area contributed by atoms with Gasteiger partial charge >= 0.3 is 0 Å². The number of rotatable bonds is 4. The zero-order chi connectivity index (χ0) is 24.2. The number of likely N-dealkylation sites (N-methyl/N-ethyl adjacent to an activating group) is 1. The summed E-state index contributed by atoms with van der Waals surface area (Å²) >= 11 is 7.39. The number of hydrogen-bond donors (Lipinski definition) is 5. The highest BCUT2D eigenvalue weighted by molar-refractivity contribution is 7.13. The molecule has 2 aliphatic rings. The van der Waals surface area contributed by atoms with Crippen LogP contribution in [0.2, 0.25) is 5.02 Å². The Morgan fingerprint density at radius 2 is 2.12 bits per heavy atom. The third-order valence-corrected chi connectivity index (χ3v) is 8.08. The molecule has 180 valence electrons. The van der Waals surface area contributed by atoms with Gasteiger partial charge < -0.3 is 31.1 Å². The van der Waals surface area contributed by atoms with Crippen LogP contribution in [0.1, 0.15) is 43.7 Å². The van der Waals surface area contributed by atoms with Crippen molar-refractivity contribution in [2.24, 2.45) is 5.73 Å². The fraction of sp³-hybridized carbons (Fsp3) is 0.435. The van der Waals surface area contributed by atoms with E-state index < -0.39 is 35.5 Å². The monoisotopic (exact) mass is 503 g/mol. The first kappa shape index (κ1) is 23.4. The van der Waals surface area contributed by atoms with E-state index in [1.165, 1.54) is 11.3 Å². The number of benzene rings is 1. The molecule has 34 heavy (non-hydrogen) atoms. The predicted octanol–water partition coefficient (Wildman–Crippen LogP) is 1.46. The highest BCUT2D eigenvalue weighted by Crippen LogP contribution is 2.32. The van der Waals surface area contributed by atoms with E-state index in [1.54, 1.807) is 24.3 Å². The topological polar surface area (TPSA) is 145 Å². The Labute approximate surface area is 204 Å². The van der Waals surface area contributed by atoms with E-state index in [0.717, 1.165) is 35.5 Å². The Balaban J connectivity index is 1.43. The number of nitrogens with one attached hydrogen (secondary N) is 2. The summed E-state index contributed by atoms with van der Waals surface area (Å²) in [6.45, 7) is 1.61. The van der Waals surface area contributed by atoms with Crippen LogP contribution in [0.5, 0.6) is 0 Å². The summed E-state index contributed by atoms with van der Waals surface area (Å²) in [5.74, 6) is -0.905. The van der Waals surface area contributed by atoms with E-state index in [2.05, 4.69) is 20.2 Å². The van der Waals surface area contributed by atoms with Crippen LogP contribution in [0, 0.1) is 0 Å². The number of aromatic nitrogens is 2. The van der Waals surface area contributed by atoms with E-state index in [0.29, 0.717) is 15.5 Å². The van der Waals surface area contributed by atoms with Gasteiger partial charge in [0.2, 0.25) is 5.78 Å². The molecular weight excluding hydrogens is 478 g/mol. The molecule has 0 radical (unpaired) electrons. The van der Waals surface area contributed by atoms with Crippen molar-refractivity contribution in [1.29, 1.82) is 0 Å². The van der Waals surface area contributed by atoms with Gasteiger partial charge in [0.15, 0.2) is 5.01 Å². The van der Waals surface area contributed by atoms with Crippen molar-refractivity contribution in [3.63, 3.8) is 0 Å². The lowest BCUT2D eigenvalue weighted by atomic mass is 9.72. The first-order chi connectivity index (χ1) is 16.1. The van der Waals surface area contributed by atoms with E-state index in [4.69, 9.17) is 17.3 Å². The molecule has 11 heteroatoms. The summed E-state index contributed by atoms with van der Waals surface area (Å²) < 4.78 is 0. The largest absolute Gasteiger partial charge is 0.390 e. The lowest BCUT2D eigenvalue weighted by molar-refractivity contribution is -0.0387. The third kappa shape index (κ3) is 4.15. The fourth-order valence-electron chi connectivity index (χ4n) is 4.79. The molecular formula is C23H26ClN5O4S. The SMILES string of the molecule is CN1CCc2nc(C(=O)NC3CC(O)C(O)CC3(N)C(=O)c3cc4cc(Cl)ccc4[nH]3)sc2C1. The second kappa shape index (κ2) is 8.71. The van der Waals surface area contributed by atoms with E-state index in [-0.39, 0.29) is 18.5 Å². The number of nitrogens with zero attached hydrogens (tertiary/aromatic N) is 2. The standard InChI is InChI=1S/C23H26ClN5O4S/c1-29-5-4-14-18(10-29)34-22(27-14)21(33)28-19-8-16(30)17(31)9-23(19,25)20(32)15-7-11-6-12(24)2-3-13(11)26-15/h2-3,6-7,16-17,19,26,30-31H,4-5,8-10,25H2,1H3,(H,28,33). The molecule has 1 amide bonds. The molecule has 0 bridgehead atoms. The van der Waals surface area contributed by atoms with Crippen LogP contribution in [-0.4, -0.2) is 74.2 Å². The molecule has 1 fully saturated rings. The lowest BCUT2D eigenvalue weighted by Crippen LogP contribution is -2.69. The maximum absolute atomic E-state index is 13.6. The van der Waals surface area contributed by atoms with Crippen LogP contribution in [0.15, 0.2) is 24.3 Å². The van der Waals surface area contributed by atoms with E-state index in [1.807, 2.05) is 7.05 Å². The van der Waals surface area contributed by atoms with Gasteiger partial charge in [0.1, 0.15) is 5.54 Å². The highest BCUT2D eigenvalue weighted by Gasteiger charge is 2.51. The minimum absolute atomic E-state index is 0.0605. The molecule has 3 heterocycles. The molecule has 1 saturated carbocycles. The molecule has 9 nitrogen and oxygen atoms in total. The van der Waals surface area contributed by atoms with Gasteiger partial charge in [-0.1, -0.05) is 11.6 Å². The minimum Gasteiger partial charge on any atom is -0.390 e. The maximum Gasteiger partial charge on any atom is 0.280 e. The lowest BCUT2D eigenvalue weighted by Gasteiger charge is -2.43. The predicted molar refractivity (Wildman–Crippen MR) is 129 cm³/mol. The number of nitrogens with two attached hydrogens (primary N) is 1. The van der Waals surface area contributed by atoms with Gasteiger partial charge in [-0.2, -0.15) is 0 Å². The Morgan fingerprint density at radius 1 is 1.32 bits per heavy atom. The first-order valence-electron chi connectivity index (χ1n) is 11.1. The van der Waals surface area contributed by atoms with Crippen LogP contribution in [0.25, 0.3) is 10.9 Å². The van der Waals surface area contributed by atoms with Crippen molar-refractivity contribution < 1.29 is 19.8 Å². The number of carbonyl (C=O) groups excluding carboxylic acids is 2. The molecule has 1 aliphatic carbocycles. The van der Waals surface area contributed by atoms with Crippen molar-refractivity contribution in [2.45, 2.75) is 49.6 Å². The number of aromatic amines is 1. The molecule has 4 atom stereocenters. The molecule has 2 aromatic heterocycles. The average Bonchev–Trinajstić information content (AvgIpc) is 3.40.